The number of hydrazine groups is 1. The van der Waals surface area contributed by atoms with Gasteiger partial charge in [0.1, 0.15) is 0 Å². The predicted octanol–water partition coefficient (Wildman–Crippen LogP) is 3.09. The quantitative estimate of drug-likeness (QED) is 0.406. The standard InChI is InChI=1S/C6H8N2.C6H10/c7-8-6-4-2-1-3-5-6;1-2-4-6-5-3-1/h1-5,8H,7H2;1-2H,3-6H2. The maximum Gasteiger partial charge on any atom is 0.0485 e. The lowest BCUT2D eigenvalue weighted by Crippen LogP contribution is -2.05. The van der Waals surface area contributed by atoms with Crippen LogP contribution in [0.1, 0.15) is 25.7 Å². The molecule has 0 radical (unpaired) electrons. The molecule has 0 unspecified atom stereocenters. The van der Waals surface area contributed by atoms with Crippen LogP contribution in [0.3, 0.4) is 0 Å². The fraction of sp³-hybridized carbons (Fsp3) is 0.333. The molecule has 1 aliphatic carbocycles. The van der Waals surface area contributed by atoms with E-state index < -0.39 is 0 Å². The summed E-state index contributed by atoms with van der Waals surface area (Å²) in [6.07, 6.45) is 10.0. The summed E-state index contributed by atoms with van der Waals surface area (Å²) in [5.41, 5.74) is 3.46. The van der Waals surface area contributed by atoms with Gasteiger partial charge in [-0.05, 0) is 37.8 Å². The van der Waals surface area contributed by atoms with Gasteiger partial charge in [0.25, 0.3) is 0 Å². The van der Waals surface area contributed by atoms with Crippen LogP contribution in [0.5, 0.6) is 0 Å². The second kappa shape index (κ2) is 7.15. The number of nitrogen functional groups attached to an aromatic ring is 1. The first kappa shape index (κ1) is 10.8. The van der Waals surface area contributed by atoms with Crippen LogP contribution >= 0.6 is 0 Å². The van der Waals surface area contributed by atoms with Gasteiger partial charge in [0, 0.05) is 5.69 Å². The van der Waals surface area contributed by atoms with Crippen molar-refractivity contribution in [2.75, 3.05) is 5.43 Å². The van der Waals surface area contributed by atoms with Gasteiger partial charge in [0.15, 0.2) is 0 Å². The average Bonchev–Trinajstić information content (AvgIpc) is 2.33. The lowest BCUT2D eigenvalue weighted by Gasteiger charge is -1.97. The molecule has 1 aliphatic rings. The molecular formula is C12H18N2. The molecule has 14 heavy (non-hydrogen) atoms. The van der Waals surface area contributed by atoms with Crippen molar-refractivity contribution in [1.82, 2.24) is 0 Å². The lowest BCUT2D eigenvalue weighted by molar-refractivity contribution is 0.730. The number of benzene rings is 1. The van der Waals surface area contributed by atoms with Crippen LogP contribution in [-0.2, 0) is 0 Å². The number of rotatable bonds is 1. The summed E-state index contributed by atoms with van der Waals surface area (Å²) in [5.74, 6) is 5.10. The Balaban J connectivity index is 0.000000146. The first-order valence-electron chi connectivity index (χ1n) is 5.10. The van der Waals surface area contributed by atoms with Crippen molar-refractivity contribution < 1.29 is 0 Å². The Labute approximate surface area is 85.8 Å². The largest absolute Gasteiger partial charge is 0.324 e. The van der Waals surface area contributed by atoms with Crippen LogP contribution in [0.4, 0.5) is 5.69 Å². The molecule has 2 rings (SSSR count). The molecular weight excluding hydrogens is 172 g/mol. The van der Waals surface area contributed by atoms with Gasteiger partial charge in [0.2, 0.25) is 0 Å². The van der Waals surface area contributed by atoms with Crippen LogP contribution < -0.4 is 11.3 Å². The van der Waals surface area contributed by atoms with Crippen LogP contribution in [0.25, 0.3) is 0 Å². The monoisotopic (exact) mass is 190 g/mol. The van der Waals surface area contributed by atoms with Crippen molar-refractivity contribution in [2.24, 2.45) is 5.84 Å². The molecule has 0 amide bonds. The van der Waals surface area contributed by atoms with Crippen LogP contribution in [0, 0.1) is 0 Å². The highest BCUT2D eigenvalue weighted by Crippen LogP contribution is 2.07. The molecule has 1 aromatic rings. The average molecular weight is 190 g/mol. The second-order valence-electron chi connectivity index (χ2n) is 3.27. The highest BCUT2D eigenvalue weighted by molar-refractivity contribution is 5.40. The number of hydrogen-bond donors (Lipinski definition) is 2. The summed E-state index contributed by atoms with van der Waals surface area (Å²) in [7, 11) is 0. The van der Waals surface area contributed by atoms with Gasteiger partial charge in [-0.25, -0.2) is 0 Å². The van der Waals surface area contributed by atoms with Gasteiger partial charge in [-0.2, -0.15) is 0 Å². The Morgan fingerprint density at radius 1 is 0.929 bits per heavy atom. The highest BCUT2D eigenvalue weighted by atomic mass is 15.2. The molecule has 3 N–H and O–H groups in total. The van der Waals surface area contributed by atoms with Crippen LogP contribution in [0.2, 0.25) is 0 Å². The van der Waals surface area contributed by atoms with Crippen molar-refractivity contribution in [1.29, 1.82) is 0 Å². The van der Waals surface area contributed by atoms with E-state index in [1.54, 1.807) is 0 Å². The summed E-state index contributed by atoms with van der Waals surface area (Å²) in [6, 6.07) is 9.60. The summed E-state index contributed by atoms with van der Waals surface area (Å²) < 4.78 is 0. The van der Waals surface area contributed by atoms with Gasteiger partial charge in [0.05, 0.1) is 0 Å². The van der Waals surface area contributed by atoms with E-state index in [2.05, 4.69) is 17.6 Å². The molecule has 0 saturated heterocycles. The van der Waals surface area contributed by atoms with E-state index in [-0.39, 0.29) is 0 Å². The Morgan fingerprint density at radius 3 is 1.79 bits per heavy atom. The lowest BCUT2D eigenvalue weighted by atomic mass is 10.1. The number of anilines is 1. The first-order chi connectivity index (χ1) is 6.93. The molecule has 0 atom stereocenters. The number of nitrogens with two attached hydrogens (primary N) is 1. The minimum atomic E-state index is 0.938. The zero-order valence-electron chi connectivity index (χ0n) is 8.45. The van der Waals surface area contributed by atoms with Gasteiger partial charge in [-0.3, -0.25) is 5.84 Å². The number of para-hydroxylation sites is 1. The Bertz CT molecular complexity index is 246. The molecule has 0 saturated carbocycles. The van der Waals surface area contributed by atoms with E-state index in [1.807, 2.05) is 30.3 Å². The Morgan fingerprint density at radius 2 is 1.50 bits per heavy atom. The van der Waals surface area contributed by atoms with Crippen molar-refractivity contribution in [3.63, 3.8) is 0 Å². The second-order valence-corrected chi connectivity index (χ2v) is 3.27. The molecule has 2 nitrogen and oxygen atoms in total. The third-order valence-corrected chi connectivity index (χ3v) is 2.10. The van der Waals surface area contributed by atoms with Crippen LogP contribution in [0.15, 0.2) is 42.5 Å². The topological polar surface area (TPSA) is 38.0 Å². The van der Waals surface area contributed by atoms with E-state index in [0.717, 1.165) is 5.69 Å². The normalized spacial score (nSPS) is 14.1. The van der Waals surface area contributed by atoms with Gasteiger partial charge < -0.3 is 5.43 Å². The Kier molecular flexibility index (Phi) is 5.52. The van der Waals surface area contributed by atoms with Gasteiger partial charge >= 0.3 is 0 Å². The van der Waals surface area contributed by atoms with Crippen LogP contribution in [-0.4, -0.2) is 0 Å². The van der Waals surface area contributed by atoms with Crippen molar-refractivity contribution >= 4 is 5.69 Å². The SMILES string of the molecule is C1=CCCCC1.NNc1ccccc1. The third-order valence-electron chi connectivity index (χ3n) is 2.10. The minimum absolute atomic E-state index is 0.938. The van der Waals surface area contributed by atoms with E-state index in [9.17, 15) is 0 Å². The third kappa shape index (κ3) is 4.67. The minimum Gasteiger partial charge on any atom is -0.324 e. The van der Waals surface area contributed by atoms with Gasteiger partial charge in [-0.15, -0.1) is 0 Å². The first-order valence-corrected chi connectivity index (χ1v) is 5.10. The van der Waals surface area contributed by atoms with E-state index >= 15 is 0 Å². The molecule has 0 bridgehead atoms. The molecule has 0 aromatic heterocycles. The molecule has 0 spiro atoms. The predicted molar refractivity (Wildman–Crippen MR) is 61.9 cm³/mol. The summed E-state index contributed by atoms with van der Waals surface area (Å²) >= 11 is 0. The molecule has 1 aromatic carbocycles. The fourth-order valence-electron chi connectivity index (χ4n) is 1.29. The number of allylic oxidation sites excluding steroid dienone is 2. The van der Waals surface area contributed by atoms with Crippen molar-refractivity contribution in [3.05, 3.63) is 42.5 Å². The molecule has 0 fully saturated rings. The summed E-state index contributed by atoms with van der Waals surface area (Å²) in [5, 5.41) is 0. The maximum absolute atomic E-state index is 5.10. The maximum atomic E-state index is 5.10. The number of nitrogens with one attached hydrogen (secondary N) is 1. The van der Waals surface area contributed by atoms with Crippen molar-refractivity contribution in [3.8, 4) is 0 Å². The molecule has 2 heteroatoms. The molecule has 0 heterocycles. The zero-order chi connectivity index (χ0) is 10.1. The highest BCUT2D eigenvalue weighted by Gasteiger charge is 1.87. The summed E-state index contributed by atoms with van der Waals surface area (Å²) in [6.45, 7) is 0. The molecule has 0 aliphatic heterocycles. The van der Waals surface area contributed by atoms with E-state index in [4.69, 9.17) is 5.84 Å². The van der Waals surface area contributed by atoms with E-state index in [1.165, 1.54) is 25.7 Å². The van der Waals surface area contributed by atoms with Crippen molar-refractivity contribution in [2.45, 2.75) is 25.7 Å². The smallest absolute Gasteiger partial charge is 0.0485 e. The molecule has 76 valence electrons. The number of hydrogen-bond acceptors (Lipinski definition) is 2. The van der Waals surface area contributed by atoms with E-state index in [0.29, 0.717) is 0 Å². The fourth-order valence-corrected chi connectivity index (χ4v) is 1.29. The summed E-state index contributed by atoms with van der Waals surface area (Å²) in [4.78, 5) is 0. The Hall–Kier alpha value is -1.28. The van der Waals surface area contributed by atoms with Gasteiger partial charge in [-0.1, -0.05) is 30.4 Å². The zero-order valence-corrected chi connectivity index (χ0v) is 8.45.